The van der Waals surface area contributed by atoms with Gasteiger partial charge < -0.3 is 20.6 Å². The third-order valence-corrected chi connectivity index (χ3v) is 3.11. The first-order valence-corrected chi connectivity index (χ1v) is 6.41. The molecule has 1 aromatic rings. The molecule has 19 heavy (non-hydrogen) atoms. The largest absolute Gasteiger partial charge is 0.389 e. The molecule has 1 unspecified atom stereocenters. The molecule has 1 aromatic heterocycles. The minimum Gasteiger partial charge on any atom is -0.389 e. The topological polar surface area (TPSA) is 105 Å². The van der Waals surface area contributed by atoms with Crippen LogP contribution in [0.25, 0.3) is 0 Å². The van der Waals surface area contributed by atoms with Crippen LogP contribution in [0, 0.1) is 6.92 Å². The fraction of sp³-hybridized carbons (Fsp3) is 0.667. The van der Waals surface area contributed by atoms with E-state index in [9.17, 15) is 5.11 Å². The highest BCUT2D eigenvalue weighted by molar-refractivity contribution is 5.57. The van der Waals surface area contributed by atoms with E-state index in [0.29, 0.717) is 24.1 Å². The van der Waals surface area contributed by atoms with Gasteiger partial charge in [-0.2, -0.15) is 0 Å². The number of aliphatic hydroxyl groups excluding tert-OH is 1. The summed E-state index contributed by atoms with van der Waals surface area (Å²) >= 11 is 0. The summed E-state index contributed by atoms with van der Waals surface area (Å²) in [5.74, 6) is 8.06. The second kappa shape index (κ2) is 6.14. The first-order chi connectivity index (χ1) is 9.15. The number of hydrogen-bond acceptors (Lipinski definition) is 7. The van der Waals surface area contributed by atoms with Crippen LogP contribution in [0.3, 0.4) is 0 Å². The molecule has 1 aliphatic rings. The normalized spacial score (nSPS) is 16.2. The van der Waals surface area contributed by atoms with Crippen molar-refractivity contribution in [3.8, 4) is 0 Å². The molecule has 106 valence electrons. The van der Waals surface area contributed by atoms with E-state index >= 15 is 0 Å². The molecule has 0 spiro atoms. The zero-order valence-electron chi connectivity index (χ0n) is 11.3. The van der Waals surface area contributed by atoms with Crippen LogP contribution in [0.4, 0.5) is 11.6 Å². The molecule has 1 saturated carbocycles. The molecule has 7 nitrogen and oxygen atoms in total. The van der Waals surface area contributed by atoms with E-state index in [2.05, 4.69) is 20.7 Å². The van der Waals surface area contributed by atoms with Crippen molar-refractivity contribution in [1.82, 2.24) is 9.97 Å². The van der Waals surface area contributed by atoms with E-state index in [-0.39, 0.29) is 6.61 Å². The molecule has 0 saturated heterocycles. The smallest absolute Gasteiger partial charge is 0.148 e. The van der Waals surface area contributed by atoms with E-state index < -0.39 is 6.10 Å². The van der Waals surface area contributed by atoms with Crippen molar-refractivity contribution >= 4 is 11.6 Å². The zero-order valence-corrected chi connectivity index (χ0v) is 11.3. The minimum atomic E-state index is -0.571. The molecular formula is C12H21N5O2. The fourth-order valence-corrected chi connectivity index (χ4v) is 1.84. The van der Waals surface area contributed by atoms with Gasteiger partial charge in [-0.05, 0) is 19.8 Å². The molecule has 2 rings (SSSR count). The Morgan fingerprint density at radius 3 is 2.68 bits per heavy atom. The maximum absolute atomic E-state index is 9.65. The summed E-state index contributed by atoms with van der Waals surface area (Å²) in [6.07, 6.45) is 1.68. The Kier molecular flexibility index (Phi) is 4.52. The number of nitrogens with zero attached hydrogens (tertiary/aromatic N) is 2. The number of aromatic nitrogens is 2. The van der Waals surface area contributed by atoms with Crippen LogP contribution in [0.15, 0.2) is 0 Å². The molecule has 0 radical (unpaired) electrons. The average Bonchev–Trinajstić information content (AvgIpc) is 3.22. The van der Waals surface area contributed by atoms with Gasteiger partial charge in [0, 0.05) is 25.1 Å². The summed E-state index contributed by atoms with van der Waals surface area (Å²) in [5, 5.41) is 12.8. The Morgan fingerprint density at radius 2 is 2.11 bits per heavy atom. The van der Waals surface area contributed by atoms with E-state index in [4.69, 9.17) is 10.6 Å². The molecule has 7 heteroatoms. The van der Waals surface area contributed by atoms with E-state index in [1.807, 2.05) is 6.92 Å². The molecule has 5 N–H and O–H groups in total. The van der Waals surface area contributed by atoms with E-state index in [1.54, 1.807) is 7.11 Å². The van der Waals surface area contributed by atoms with Gasteiger partial charge in [-0.25, -0.2) is 15.8 Å². The van der Waals surface area contributed by atoms with Gasteiger partial charge in [-0.3, -0.25) is 0 Å². The molecule has 1 atom stereocenters. The quantitative estimate of drug-likeness (QED) is 0.418. The maximum atomic E-state index is 9.65. The number of anilines is 2. The summed E-state index contributed by atoms with van der Waals surface area (Å²) in [7, 11) is 1.56. The summed E-state index contributed by atoms with van der Waals surface area (Å²) in [6, 6.07) is 0. The predicted molar refractivity (Wildman–Crippen MR) is 72.9 cm³/mol. The molecule has 0 aliphatic heterocycles. The number of nitrogens with two attached hydrogens (primary N) is 1. The van der Waals surface area contributed by atoms with Gasteiger partial charge in [0.25, 0.3) is 0 Å². The van der Waals surface area contributed by atoms with Crippen molar-refractivity contribution in [2.24, 2.45) is 5.84 Å². The summed E-state index contributed by atoms with van der Waals surface area (Å²) in [4.78, 5) is 8.91. The lowest BCUT2D eigenvalue weighted by Crippen LogP contribution is -2.25. The highest BCUT2D eigenvalue weighted by Gasteiger charge is 2.28. The van der Waals surface area contributed by atoms with Crippen molar-refractivity contribution in [3.05, 3.63) is 11.4 Å². The van der Waals surface area contributed by atoms with E-state index in [0.717, 1.165) is 24.2 Å². The third kappa shape index (κ3) is 3.52. The molecule has 1 aliphatic carbocycles. The van der Waals surface area contributed by atoms with Crippen LogP contribution in [0.5, 0.6) is 0 Å². The number of methoxy groups -OCH3 is 1. The first kappa shape index (κ1) is 14.0. The lowest BCUT2D eigenvalue weighted by Gasteiger charge is -2.15. The molecule has 1 heterocycles. The van der Waals surface area contributed by atoms with Crippen molar-refractivity contribution in [1.29, 1.82) is 0 Å². The number of nitrogen functional groups attached to an aromatic ring is 1. The lowest BCUT2D eigenvalue weighted by molar-refractivity contribution is 0.0727. The molecule has 0 aromatic carbocycles. The number of rotatable bonds is 7. The van der Waals surface area contributed by atoms with Crippen LogP contribution in [-0.4, -0.2) is 41.4 Å². The number of hydrazine groups is 1. The first-order valence-electron chi connectivity index (χ1n) is 6.41. The van der Waals surface area contributed by atoms with Crippen molar-refractivity contribution in [3.63, 3.8) is 0 Å². The lowest BCUT2D eigenvalue weighted by atomic mass is 10.2. The molecule has 0 bridgehead atoms. The van der Waals surface area contributed by atoms with Crippen LogP contribution < -0.4 is 16.6 Å². The Bertz CT molecular complexity index is 436. The third-order valence-electron chi connectivity index (χ3n) is 3.11. The SMILES string of the molecule is COCC(O)CNc1nc(C2CC2)nc(NN)c1C. The average molecular weight is 267 g/mol. The Hall–Kier alpha value is -1.44. The van der Waals surface area contributed by atoms with Gasteiger partial charge in [0.2, 0.25) is 0 Å². The van der Waals surface area contributed by atoms with Gasteiger partial charge in [-0.15, -0.1) is 0 Å². The number of aliphatic hydroxyl groups is 1. The van der Waals surface area contributed by atoms with Gasteiger partial charge >= 0.3 is 0 Å². The van der Waals surface area contributed by atoms with Crippen molar-refractivity contribution < 1.29 is 9.84 Å². The highest BCUT2D eigenvalue weighted by Crippen LogP contribution is 2.39. The second-order valence-corrected chi connectivity index (χ2v) is 4.81. The summed E-state index contributed by atoms with van der Waals surface area (Å²) < 4.78 is 4.88. The van der Waals surface area contributed by atoms with Gasteiger partial charge in [0.1, 0.15) is 17.5 Å². The van der Waals surface area contributed by atoms with Gasteiger partial charge in [0.15, 0.2) is 0 Å². The Morgan fingerprint density at radius 1 is 1.42 bits per heavy atom. The van der Waals surface area contributed by atoms with E-state index in [1.165, 1.54) is 0 Å². The predicted octanol–water partition coefficient (Wildman–Crippen LogP) is 0.367. The molecule has 0 amide bonds. The maximum Gasteiger partial charge on any atom is 0.148 e. The van der Waals surface area contributed by atoms with Gasteiger partial charge in [-0.1, -0.05) is 0 Å². The molecule has 1 fully saturated rings. The molecular weight excluding hydrogens is 246 g/mol. The number of ether oxygens (including phenoxy) is 1. The Labute approximate surface area is 112 Å². The van der Waals surface area contributed by atoms with Crippen molar-refractivity contribution in [2.75, 3.05) is 31.0 Å². The van der Waals surface area contributed by atoms with Gasteiger partial charge in [0.05, 0.1) is 12.7 Å². The summed E-state index contributed by atoms with van der Waals surface area (Å²) in [5.41, 5.74) is 3.44. The highest BCUT2D eigenvalue weighted by atomic mass is 16.5. The monoisotopic (exact) mass is 267 g/mol. The van der Waals surface area contributed by atoms with Crippen LogP contribution in [-0.2, 0) is 4.74 Å². The van der Waals surface area contributed by atoms with Crippen molar-refractivity contribution in [2.45, 2.75) is 31.8 Å². The van der Waals surface area contributed by atoms with Crippen LogP contribution in [0.1, 0.15) is 30.1 Å². The summed E-state index contributed by atoms with van der Waals surface area (Å²) in [6.45, 7) is 2.55. The Balaban J connectivity index is 2.11. The second-order valence-electron chi connectivity index (χ2n) is 4.81. The number of nitrogens with one attached hydrogen (secondary N) is 2. The fourth-order valence-electron chi connectivity index (χ4n) is 1.84. The minimum absolute atomic E-state index is 0.286. The standard InChI is InChI=1S/C12H21N5O2/c1-7-10(14-5-9(18)6-19-2)15-12(8-3-4-8)16-11(7)17-13/h8-9,18H,3-6,13H2,1-2H3,(H2,14,15,16,17). The van der Waals surface area contributed by atoms with Crippen LogP contribution >= 0.6 is 0 Å². The zero-order chi connectivity index (χ0) is 13.8. The van der Waals surface area contributed by atoms with Crippen LogP contribution in [0.2, 0.25) is 0 Å². The number of hydrogen-bond donors (Lipinski definition) is 4.